The van der Waals surface area contributed by atoms with Crippen LogP contribution in [0.3, 0.4) is 0 Å². The Bertz CT molecular complexity index is 1310. The lowest BCUT2D eigenvalue weighted by Gasteiger charge is -2.31. The summed E-state index contributed by atoms with van der Waals surface area (Å²) in [6.45, 7) is 0. The van der Waals surface area contributed by atoms with Crippen LogP contribution in [0.4, 0.5) is 5.69 Å². The van der Waals surface area contributed by atoms with E-state index in [-0.39, 0.29) is 16.9 Å². The Morgan fingerprint density at radius 2 is 1.74 bits per heavy atom. The monoisotopic (exact) mass is 471 g/mol. The number of aryl methyl sites for hydroxylation is 1. The highest BCUT2D eigenvalue weighted by molar-refractivity contribution is 7.89. The van der Waals surface area contributed by atoms with Crippen molar-refractivity contribution in [1.82, 2.24) is 0 Å². The Labute approximate surface area is 191 Å². The van der Waals surface area contributed by atoms with Gasteiger partial charge in [-0.1, -0.05) is 53.5 Å². The van der Waals surface area contributed by atoms with Gasteiger partial charge in [-0.15, -0.1) is 0 Å². The van der Waals surface area contributed by atoms with Gasteiger partial charge in [0.05, 0.1) is 22.3 Å². The molecule has 1 aliphatic carbocycles. The normalized spacial score (nSPS) is 20.2. The Hall–Kier alpha value is -2.38. The minimum atomic E-state index is -3.77. The third-order valence-electron chi connectivity index (χ3n) is 5.94. The SMILES string of the molecule is NS(=O)(=O)c1ccc(N2N=C3c4ccccc4CCC3C2c2ccc(Cl)cc2Cl)cc1. The van der Waals surface area contributed by atoms with Gasteiger partial charge in [-0.25, -0.2) is 13.6 Å². The lowest BCUT2D eigenvalue weighted by molar-refractivity contribution is 0.510. The van der Waals surface area contributed by atoms with Crippen molar-refractivity contribution in [2.45, 2.75) is 23.8 Å². The summed E-state index contributed by atoms with van der Waals surface area (Å²) in [5.41, 5.74) is 5.16. The van der Waals surface area contributed by atoms with Crippen molar-refractivity contribution in [2.24, 2.45) is 16.2 Å². The zero-order chi connectivity index (χ0) is 21.8. The van der Waals surface area contributed by atoms with Gasteiger partial charge in [0.15, 0.2) is 0 Å². The zero-order valence-electron chi connectivity index (χ0n) is 16.4. The van der Waals surface area contributed by atoms with Gasteiger partial charge in [-0.05, 0) is 60.4 Å². The molecule has 3 aromatic carbocycles. The molecule has 0 radical (unpaired) electrons. The van der Waals surface area contributed by atoms with E-state index in [0.29, 0.717) is 10.0 Å². The van der Waals surface area contributed by atoms with Crippen molar-refractivity contribution >= 4 is 44.6 Å². The van der Waals surface area contributed by atoms with Crippen LogP contribution in [-0.2, 0) is 16.4 Å². The first-order valence-electron chi connectivity index (χ1n) is 9.87. The molecule has 0 amide bonds. The summed E-state index contributed by atoms with van der Waals surface area (Å²) >= 11 is 12.8. The van der Waals surface area contributed by atoms with E-state index in [1.54, 1.807) is 18.2 Å². The number of benzene rings is 3. The first-order valence-corrected chi connectivity index (χ1v) is 12.2. The van der Waals surface area contributed by atoms with E-state index in [1.165, 1.54) is 17.7 Å². The molecule has 0 fully saturated rings. The van der Waals surface area contributed by atoms with Crippen LogP contribution < -0.4 is 10.1 Å². The van der Waals surface area contributed by atoms with Crippen LogP contribution in [-0.4, -0.2) is 14.1 Å². The van der Waals surface area contributed by atoms with Crippen molar-refractivity contribution in [2.75, 3.05) is 5.01 Å². The molecular formula is C23H19Cl2N3O2S. The predicted octanol–water partition coefficient (Wildman–Crippen LogP) is 5.17. The molecule has 1 heterocycles. The van der Waals surface area contributed by atoms with E-state index in [4.69, 9.17) is 33.4 Å². The second kappa shape index (κ2) is 7.64. The molecule has 31 heavy (non-hydrogen) atoms. The van der Waals surface area contributed by atoms with Gasteiger partial charge < -0.3 is 0 Å². The first-order chi connectivity index (χ1) is 14.8. The van der Waals surface area contributed by atoms with E-state index in [9.17, 15) is 8.42 Å². The number of nitrogens with two attached hydrogens (primary N) is 1. The lowest BCUT2D eigenvalue weighted by atomic mass is 9.77. The smallest absolute Gasteiger partial charge is 0.238 e. The van der Waals surface area contributed by atoms with Crippen LogP contribution in [0.5, 0.6) is 0 Å². The fourth-order valence-electron chi connectivity index (χ4n) is 4.52. The number of nitrogens with zero attached hydrogens (tertiary/aromatic N) is 2. The molecule has 2 aliphatic rings. The largest absolute Gasteiger partial charge is 0.257 e. The number of halogens is 2. The van der Waals surface area contributed by atoms with Crippen molar-refractivity contribution in [3.05, 3.63) is 93.5 Å². The molecule has 158 valence electrons. The van der Waals surface area contributed by atoms with E-state index in [1.807, 2.05) is 29.3 Å². The highest BCUT2D eigenvalue weighted by Gasteiger charge is 2.42. The number of hydrogen-bond acceptors (Lipinski definition) is 4. The molecule has 8 heteroatoms. The molecule has 0 spiro atoms. The van der Waals surface area contributed by atoms with Gasteiger partial charge in [0.1, 0.15) is 0 Å². The molecular weight excluding hydrogens is 453 g/mol. The van der Waals surface area contributed by atoms with Crippen molar-refractivity contribution in [3.8, 4) is 0 Å². The molecule has 0 saturated heterocycles. The molecule has 0 aromatic heterocycles. The molecule has 5 rings (SSSR count). The molecule has 2 N–H and O–H groups in total. The van der Waals surface area contributed by atoms with E-state index in [0.717, 1.165) is 35.4 Å². The van der Waals surface area contributed by atoms with Crippen molar-refractivity contribution < 1.29 is 8.42 Å². The number of hydrazone groups is 1. The minimum absolute atomic E-state index is 0.0620. The van der Waals surface area contributed by atoms with E-state index < -0.39 is 10.0 Å². The van der Waals surface area contributed by atoms with Crippen molar-refractivity contribution in [1.29, 1.82) is 0 Å². The molecule has 5 nitrogen and oxygen atoms in total. The van der Waals surface area contributed by atoms with E-state index >= 15 is 0 Å². The van der Waals surface area contributed by atoms with Gasteiger partial charge in [0, 0.05) is 21.5 Å². The molecule has 1 aliphatic heterocycles. The second-order valence-electron chi connectivity index (χ2n) is 7.78. The topological polar surface area (TPSA) is 75.8 Å². The fraction of sp³-hybridized carbons (Fsp3) is 0.174. The average molecular weight is 472 g/mol. The maximum atomic E-state index is 11.7. The van der Waals surface area contributed by atoms with Gasteiger partial charge in [-0.3, -0.25) is 5.01 Å². The maximum Gasteiger partial charge on any atom is 0.238 e. The summed E-state index contributed by atoms with van der Waals surface area (Å²) in [6.07, 6.45) is 1.89. The van der Waals surface area contributed by atoms with Gasteiger partial charge in [-0.2, -0.15) is 5.10 Å². The Morgan fingerprint density at radius 3 is 2.45 bits per heavy atom. The molecule has 2 atom stereocenters. The third kappa shape index (κ3) is 3.64. The lowest BCUT2D eigenvalue weighted by Crippen LogP contribution is -2.29. The average Bonchev–Trinajstić information content (AvgIpc) is 3.13. The van der Waals surface area contributed by atoms with Crippen LogP contribution in [0, 0.1) is 5.92 Å². The maximum absolute atomic E-state index is 11.7. The quantitative estimate of drug-likeness (QED) is 0.572. The number of anilines is 1. The summed E-state index contributed by atoms with van der Waals surface area (Å²) in [5, 5.41) is 13.4. The third-order valence-corrected chi connectivity index (χ3v) is 7.43. The van der Waals surface area contributed by atoms with Gasteiger partial charge >= 0.3 is 0 Å². The Kier molecular flexibility index (Phi) is 5.06. The number of sulfonamides is 1. The van der Waals surface area contributed by atoms with Crippen LogP contribution >= 0.6 is 23.2 Å². The minimum Gasteiger partial charge on any atom is -0.257 e. The van der Waals surface area contributed by atoms with Crippen LogP contribution in [0.1, 0.15) is 29.2 Å². The summed E-state index contributed by atoms with van der Waals surface area (Å²) < 4.78 is 23.4. The number of rotatable bonds is 3. The number of primary sulfonamides is 1. The molecule has 0 bridgehead atoms. The van der Waals surface area contributed by atoms with Crippen LogP contribution in [0.15, 0.2) is 76.7 Å². The highest BCUT2D eigenvalue weighted by Crippen LogP contribution is 2.47. The number of hydrogen-bond donors (Lipinski definition) is 1. The molecule has 3 aromatic rings. The van der Waals surface area contributed by atoms with Gasteiger partial charge in [0.25, 0.3) is 0 Å². The number of fused-ring (bicyclic) bond motifs is 3. The Balaban J connectivity index is 1.65. The van der Waals surface area contributed by atoms with E-state index in [2.05, 4.69) is 12.1 Å². The summed E-state index contributed by atoms with van der Waals surface area (Å²) in [4.78, 5) is 0.0620. The summed E-state index contributed by atoms with van der Waals surface area (Å²) in [7, 11) is -3.77. The van der Waals surface area contributed by atoms with Crippen LogP contribution in [0.2, 0.25) is 10.0 Å². The standard InChI is InChI=1S/C23H19Cl2N3O2S/c24-15-6-12-19(21(25)13-15)23-20-11-5-14-3-1-2-4-18(14)22(20)27-28(23)16-7-9-17(10-8-16)31(26,29)30/h1-4,6-10,12-13,20,23H,5,11H2,(H2,26,29,30). The summed E-state index contributed by atoms with van der Waals surface area (Å²) in [6, 6.07) is 20.2. The first kappa shape index (κ1) is 20.5. The summed E-state index contributed by atoms with van der Waals surface area (Å²) in [5.74, 6) is 0.145. The predicted molar refractivity (Wildman–Crippen MR) is 124 cm³/mol. The highest BCUT2D eigenvalue weighted by atomic mass is 35.5. The van der Waals surface area contributed by atoms with Gasteiger partial charge in [0.2, 0.25) is 10.0 Å². The zero-order valence-corrected chi connectivity index (χ0v) is 18.7. The second-order valence-corrected chi connectivity index (χ2v) is 10.2. The fourth-order valence-corrected chi connectivity index (χ4v) is 5.55. The Morgan fingerprint density at radius 1 is 1.00 bits per heavy atom. The molecule has 0 saturated carbocycles. The van der Waals surface area contributed by atoms with Crippen molar-refractivity contribution in [3.63, 3.8) is 0 Å². The molecule has 2 unspecified atom stereocenters. The van der Waals surface area contributed by atoms with Crippen LogP contribution in [0.25, 0.3) is 0 Å².